The van der Waals surface area contributed by atoms with Crippen LogP contribution in [0.25, 0.3) is 0 Å². The number of aliphatic imine (C=N–C) groups is 1. The molecule has 1 aromatic carbocycles. The molecule has 0 aromatic heterocycles. The molecule has 2 aliphatic heterocycles. The van der Waals surface area contributed by atoms with Gasteiger partial charge >= 0.3 is 0 Å². The van der Waals surface area contributed by atoms with Gasteiger partial charge in [-0.15, -0.1) is 24.0 Å². The maximum Gasteiger partial charge on any atom is 0.193 e. The van der Waals surface area contributed by atoms with E-state index in [1.165, 1.54) is 24.0 Å². The molecule has 3 atom stereocenters. The van der Waals surface area contributed by atoms with Gasteiger partial charge in [0.2, 0.25) is 0 Å². The van der Waals surface area contributed by atoms with E-state index >= 15 is 0 Å². The van der Waals surface area contributed by atoms with Crippen LogP contribution in [0.2, 0.25) is 0 Å². The molecule has 2 fully saturated rings. The third kappa shape index (κ3) is 6.57. The summed E-state index contributed by atoms with van der Waals surface area (Å²) in [5.74, 6) is 1.52. The molecule has 3 unspecified atom stereocenters. The molecule has 6 heteroatoms. The number of benzene rings is 1. The molecule has 2 heterocycles. The van der Waals surface area contributed by atoms with Gasteiger partial charge in [-0.2, -0.15) is 0 Å². The monoisotopic (exact) mass is 528 g/mol. The third-order valence-corrected chi connectivity index (χ3v) is 6.45. The van der Waals surface area contributed by atoms with Gasteiger partial charge in [-0.05, 0) is 51.8 Å². The Labute approximate surface area is 200 Å². The highest BCUT2D eigenvalue weighted by atomic mass is 127. The van der Waals surface area contributed by atoms with E-state index in [1.54, 1.807) is 0 Å². The van der Waals surface area contributed by atoms with E-state index in [0.29, 0.717) is 12.0 Å². The van der Waals surface area contributed by atoms with E-state index in [0.717, 1.165) is 58.3 Å². The second-order valence-corrected chi connectivity index (χ2v) is 8.41. The first-order valence-electron chi connectivity index (χ1n) is 11.6. The molecule has 1 aromatic rings. The second-order valence-electron chi connectivity index (χ2n) is 8.41. The van der Waals surface area contributed by atoms with Crippen LogP contribution in [0.3, 0.4) is 0 Å². The number of likely N-dealkylation sites (N-methyl/N-ethyl adjacent to an activating group) is 1. The van der Waals surface area contributed by atoms with Crippen LogP contribution in [0.4, 0.5) is 0 Å². The normalized spacial score (nSPS) is 24.8. The van der Waals surface area contributed by atoms with Crippen LogP contribution in [0, 0.1) is 12.8 Å². The molecule has 30 heavy (non-hydrogen) atoms. The Bertz CT molecular complexity index is 647. The Hall–Kier alpha value is -0.860. The number of guanidine groups is 1. The van der Waals surface area contributed by atoms with Gasteiger partial charge in [-0.25, -0.2) is 0 Å². The second kappa shape index (κ2) is 12.9. The lowest BCUT2D eigenvalue weighted by atomic mass is 9.89. The molecule has 0 saturated carbocycles. The molecular formula is C24H41IN4O. The highest BCUT2D eigenvalue weighted by molar-refractivity contribution is 14.0. The lowest BCUT2D eigenvalue weighted by molar-refractivity contribution is -0.0250. The maximum atomic E-state index is 6.20. The van der Waals surface area contributed by atoms with Gasteiger partial charge in [-0.1, -0.05) is 43.7 Å². The minimum atomic E-state index is 0. The average molecular weight is 529 g/mol. The van der Waals surface area contributed by atoms with Crippen molar-refractivity contribution in [3.8, 4) is 0 Å². The van der Waals surface area contributed by atoms with E-state index < -0.39 is 0 Å². The SMILES string of the molecule is CCNC(=NCC1CCCOC1c1ccc(C)cc1)N1CCC(N(CC)CC)C1.I. The third-order valence-electron chi connectivity index (χ3n) is 6.45. The topological polar surface area (TPSA) is 40.1 Å². The smallest absolute Gasteiger partial charge is 0.193 e. The molecule has 2 saturated heterocycles. The van der Waals surface area contributed by atoms with Gasteiger partial charge < -0.3 is 15.0 Å². The summed E-state index contributed by atoms with van der Waals surface area (Å²) in [5, 5.41) is 3.54. The van der Waals surface area contributed by atoms with Gasteiger partial charge in [0.05, 0.1) is 6.10 Å². The number of halogens is 1. The Morgan fingerprint density at radius 3 is 2.57 bits per heavy atom. The van der Waals surface area contributed by atoms with Crippen molar-refractivity contribution in [3.63, 3.8) is 0 Å². The molecule has 0 radical (unpaired) electrons. The minimum absolute atomic E-state index is 0. The summed E-state index contributed by atoms with van der Waals surface area (Å²) in [7, 11) is 0. The first-order chi connectivity index (χ1) is 14.2. The Morgan fingerprint density at radius 2 is 1.90 bits per heavy atom. The van der Waals surface area contributed by atoms with Crippen molar-refractivity contribution in [2.24, 2.45) is 10.9 Å². The number of nitrogens with zero attached hydrogens (tertiary/aromatic N) is 3. The van der Waals surface area contributed by atoms with Crippen molar-refractivity contribution in [1.82, 2.24) is 15.1 Å². The number of aryl methyl sites for hydroxylation is 1. The van der Waals surface area contributed by atoms with Crippen LogP contribution in [0.15, 0.2) is 29.3 Å². The van der Waals surface area contributed by atoms with E-state index in [2.05, 4.69) is 67.1 Å². The summed E-state index contributed by atoms with van der Waals surface area (Å²) >= 11 is 0. The summed E-state index contributed by atoms with van der Waals surface area (Å²) in [6.45, 7) is 15.8. The van der Waals surface area contributed by atoms with E-state index in [4.69, 9.17) is 9.73 Å². The van der Waals surface area contributed by atoms with Crippen LogP contribution in [-0.2, 0) is 4.74 Å². The van der Waals surface area contributed by atoms with Gasteiger partial charge in [-0.3, -0.25) is 9.89 Å². The molecule has 1 N–H and O–H groups in total. The summed E-state index contributed by atoms with van der Waals surface area (Å²) < 4.78 is 6.20. The van der Waals surface area contributed by atoms with Crippen LogP contribution < -0.4 is 5.32 Å². The molecule has 0 aliphatic carbocycles. The van der Waals surface area contributed by atoms with Gasteiger partial charge in [0.25, 0.3) is 0 Å². The number of rotatable bonds is 7. The number of likely N-dealkylation sites (tertiary alicyclic amines) is 1. The fourth-order valence-corrected chi connectivity index (χ4v) is 4.76. The van der Waals surface area contributed by atoms with Crippen molar-refractivity contribution in [2.75, 3.05) is 45.9 Å². The predicted molar refractivity (Wildman–Crippen MR) is 137 cm³/mol. The maximum absolute atomic E-state index is 6.20. The molecule has 5 nitrogen and oxygen atoms in total. The Morgan fingerprint density at radius 1 is 1.17 bits per heavy atom. The standard InChI is InChI=1S/C24H40N4O.HI/c1-5-25-24(28-15-14-22(18-28)27(6-2)7-3)26-17-21-9-8-16-29-23(21)20-12-10-19(4)11-13-20;/h10-13,21-23H,5-9,14-18H2,1-4H3,(H,25,26);1H. The van der Waals surface area contributed by atoms with Crippen LogP contribution in [0.1, 0.15) is 57.3 Å². The van der Waals surface area contributed by atoms with Crippen molar-refractivity contribution in [2.45, 2.75) is 59.1 Å². The largest absolute Gasteiger partial charge is 0.373 e. The Kier molecular flexibility index (Phi) is 10.9. The quantitative estimate of drug-likeness (QED) is 0.322. The number of ether oxygens (including phenoxy) is 1. The number of hydrogen-bond donors (Lipinski definition) is 1. The zero-order valence-corrected chi connectivity index (χ0v) is 21.6. The highest BCUT2D eigenvalue weighted by Gasteiger charge is 2.30. The van der Waals surface area contributed by atoms with Crippen LogP contribution in [-0.4, -0.2) is 67.7 Å². The van der Waals surface area contributed by atoms with E-state index in [9.17, 15) is 0 Å². The van der Waals surface area contributed by atoms with Gasteiger partial charge in [0, 0.05) is 44.7 Å². The van der Waals surface area contributed by atoms with Crippen molar-refractivity contribution < 1.29 is 4.74 Å². The zero-order chi connectivity index (χ0) is 20.6. The fraction of sp³-hybridized carbons (Fsp3) is 0.708. The average Bonchev–Trinajstić information content (AvgIpc) is 3.23. The zero-order valence-electron chi connectivity index (χ0n) is 19.3. The first kappa shape index (κ1) is 25.4. The van der Waals surface area contributed by atoms with Gasteiger partial charge in [0.1, 0.15) is 0 Å². The minimum Gasteiger partial charge on any atom is -0.373 e. The molecule has 170 valence electrons. The molecular weight excluding hydrogens is 487 g/mol. The number of nitrogens with one attached hydrogen (secondary N) is 1. The Balaban J connectivity index is 0.00000320. The molecule has 0 spiro atoms. The molecule has 2 aliphatic rings. The lowest BCUT2D eigenvalue weighted by Gasteiger charge is -2.32. The first-order valence-corrected chi connectivity index (χ1v) is 11.6. The van der Waals surface area contributed by atoms with Gasteiger partial charge in [0.15, 0.2) is 5.96 Å². The molecule has 3 rings (SSSR count). The van der Waals surface area contributed by atoms with Crippen molar-refractivity contribution in [3.05, 3.63) is 35.4 Å². The summed E-state index contributed by atoms with van der Waals surface area (Å²) in [4.78, 5) is 10.1. The lowest BCUT2D eigenvalue weighted by Crippen LogP contribution is -2.43. The van der Waals surface area contributed by atoms with Crippen molar-refractivity contribution in [1.29, 1.82) is 0 Å². The summed E-state index contributed by atoms with van der Waals surface area (Å²) in [6.07, 6.45) is 3.71. The van der Waals surface area contributed by atoms with Crippen LogP contribution in [0.5, 0.6) is 0 Å². The van der Waals surface area contributed by atoms with Crippen LogP contribution >= 0.6 is 24.0 Å². The molecule has 0 bridgehead atoms. The van der Waals surface area contributed by atoms with E-state index in [-0.39, 0.29) is 30.1 Å². The van der Waals surface area contributed by atoms with E-state index in [1.807, 2.05) is 0 Å². The fourth-order valence-electron chi connectivity index (χ4n) is 4.76. The predicted octanol–water partition coefficient (Wildman–Crippen LogP) is 4.46. The summed E-state index contributed by atoms with van der Waals surface area (Å²) in [6, 6.07) is 9.47. The van der Waals surface area contributed by atoms with Crippen molar-refractivity contribution >= 4 is 29.9 Å². The highest BCUT2D eigenvalue weighted by Crippen LogP contribution is 2.34. The molecule has 0 amide bonds. The summed E-state index contributed by atoms with van der Waals surface area (Å²) in [5.41, 5.74) is 2.59. The number of hydrogen-bond acceptors (Lipinski definition) is 3.